The summed E-state index contributed by atoms with van der Waals surface area (Å²) in [4.78, 5) is 15.6. The minimum atomic E-state index is -0.0918. The molecule has 2 N–H and O–H groups in total. The van der Waals surface area contributed by atoms with Crippen LogP contribution >= 0.6 is 23.4 Å². The third kappa shape index (κ3) is 5.99. The number of hydrogen-bond acceptors (Lipinski definition) is 4. The van der Waals surface area contributed by atoms with Gasteiger partial charge in [0.15, 0.2) is 0 Å². The molecule has 1 aliphatic heterocycles. The zero-order chi connectivity index (χ0) is 16.7. The third-order valence-corrected chi connectivity index (χ3v) is 5.28. The number of ether oxygens (including phenoxy) is 1. The SMILES string of the molecule is CC(Sc1ccc(Cl)cc1)C(=O)N1CCC(OCCCN)CC1. The highest BCUT2D eigenvalue weighted by Crippen LogP contribution is 2.27. The molecule has 1 atom stereocenters. The van der Waals surface area contributed by atoms with E-state index in [1.165, 1.54) is 0 Å². The highest BCUT2D eigenvalue weighted by Gasteiger charge is 2.26. The number of amides is 1. The molecule has 128 valence electrons. The second kappa shape index (κ2) is 9.52. The largest absolute Gasteiger partial charge is 0.378 e. The van der Waals surface area contributed by atoms with Crippen LogP contribution in [0.5, 0.6) is 0 Å². The van der Waals surface area contributed by atoms with Crippen molar-refractivity contribution in [3.63, 3.8) is 0 Å². The Labute approximate surface area is 147 Å². The predicted octanol–water partition coefficient (Wildman–Crippen LogP) is 3.18. The quantitative estimate of drug-likeness (QED) is 0.602. The first-order valence-corrected chi connectivity index (χ1v) is 9.38. The van der Waals surface area contributed by atoms with Gasteiger partial charge in [-0.3, -0.25) is 4.79 Å². The number of thioether (sulfide) groups is 1. The van der Waals surface area contributed by atoms with Crippen molar-refractivity contribution in [2.45, 2.75) is 42.4 Å². The molecule has 1 aromatic rings. The monoisotopic (exact) mass is 356 g/mol. The number of carbonyl (C=O) groups is 1. The first kappa shape index (κ1) is 18.6. The van der Waals surface area contributed by atoms with Gasteiger partial charge in [-0.05, 0) is 57.0 Å². The first-order valence-electron chi connectivity index (χ1n) is 8.13. The van der Waals surface area contributed by atoms with Gasteiger partial charge < -0.3 is 15.4 Å². The number of piperidine rings is 1. The predicted molar refractivity (Wildman–Crippen MR) is 96.0 cm³/mol. The Kier molecular flexibility index (Phi) is 7.70. The van der Waals surface area contributed by atoms with E-state index in [-0.39, 0.29) is 17.3 Å². The molecule has 0 saturated carbocycles. The van der Waals surface area contributed by atoms with Gasteiger partial charge in [0.05, 0.1) is 11.4 Å². The van der Waals surface area contributed by atoms with Crippen LogP contribution in [0, 0.1) is 0 Å². The maximum absolute atomic E-state index is 12.6. The molecule has 1 aliphatic rings. The molecule has 1 fully saturated rings. The van der Waals surface area contributed by atoms with Crippen molar-refractivity contribution in [1.82, 2.24) is 4.90 Å². The average Bonchev–Trinajstić information content (AvgIpc) is 2.57. The fraction of sp³-hybridized carbons (Fsp3) is 0.588. The van der Waals surface area contributed by atoms with Gasteiger partial charge in [-0.15, -0.1) is 11.8 Å². The van der Waals surface area contributed by atoms with Crippen molar-refractivity contribution in [3.8, 4) is 0 Å². The Morgan fingerprint density at radius 2 is 2.04 bits per heavy atom. The molecular formula is C17H25ClN2O2S. The first-order chi connectivity index (χ1) is 11.1. The standard InChI is InChI=1S/C17H25ClN2O2S/c1-13(23-16-5-3-14(18)4-6-16)17(21)20-10-7-15(8-11-20)22-12-2-9-19/h3-6,13,15H,2,7-12,19H2,1H3. The molecule has 1 saturated heterocycles. The zero-order valence-corrected chi connectivity index (χ0v) is 15.1. The van der Waals surface area contributed by atoms with Crippen molar-refractivity contribution in [2.75, 3.05) is 26.2 Å². The lowest BCUT2D eigenvalue weighted by molar-refractivity contribution is -0.132. The van der Waals surface area contributed by atoms with Crippen LogP contribution < -0.4 is 5.73 Å². The molecule has 0 aromatic heterocycles. The van der Waals surface area contributed by atoms with E-state index >= 15 is 0 Å². The summed E-state index contributed by atoms with van der Waals surface area (Å²) in [5, 5.41) is 0.621. The van der Waals surface area contributed by atoms with E-state index in [4.69, 9.17) is 22.1 Å². The molecule has 23 heavy (non-hydrogen) atoms. The molecule has 4 nitrogen and oxygen atoms in total. The van der Waals surface area contributed by atoms with E-state index in [0.717, 1.165) is 43.9 Å². The van der Waals surface area contributed by atoms with E-state index in [9.17, 15) is 4.79 Å². The second-order valence-electron chi connectivity index (χ2n) is 5.75. The van der Waals surface area contributed by atoms with E-state index < -0.39 is 0 Å². The van der Waals surface area contributed by atoms with Crippen LogP contribution in [-0.4, -0.2) is 48.4 Å². The fourth-order valence-corrected chi connectivity index (χ4v) is 3.68. The van der Waals surface area contributed by atoms with Gasteiger partial charge in [0, 0.05) is 29.6 Å². The van der Waals surface area contributed by atoms with Crippen molar-refractivity contribution < 1.29 is 9.53 Å². The molecule has 0 spiro atoms. The smallest absolute Gasteiger partial charge is 0.235 e. The number of nitrogens with two attached hydrogens (primary N) is 1. The number of hydrogen-bond donors (Lipinski definition) is 1. The number of likely N-dealkylation sites (tertiary alicyclic amines) is 1. The summed E-state index contributed by atoms with van der Waals surface area (Å²) in [6.07, 6.45) is 2.99. The van der Waals surface area contributed by atoms with E-state index in [2.05, 4.69) is 0 Å². The highest BCUT2D eigenvalue weighted by molar-refractivity contribution is 8.00. The minimum Gasteiger partial charge on any atom is -0.378 e. The molecule has 1 aromatic carbocycles. The van der Waals surface area contributed by atoms with Crippen LogP contribution in [0.25, 0.3) is 0 Å². The summed E-state index contributed by atoms with van der Waals surface area (Å²) >= 11 is 7.47. The van der Waals surface area contributed by atoms with Gasteiger partial charge in [-0.2, -0.15) is 0 Å². The Morgan fingerprint density at radius 1 is 1.39 bits per heavy atom. The van der Waals surface area contributed by atoms with E-state index in [1.807, 2.05) is 36.1 Å². The maximum atomic E-state index is 12.6. The Morgan fingerprint density at radius 3 is 2.65 bits per heavy atom. The van der Waals surface area contributed by atoms with Gasteiger partial charge in [0.1, 0.15) is 0 Å². The number of nitrogens with zero attached hydrogens (tertiary/aromatic N) is 1. The molecule has 6 heteroatoms. The van der Waals surface area contributed by atoms with Crippen LogP contribution in [0.3, 0.4) is 0 Å². The average molecular weight is 357 g/mol. The highest BCUT2D eigenvalue weighted by atomic mass is 35.5. The summed E-state index contributed by atoms with van der Waals surface area (Å²) in [7, 11) is 0. The zero-order valence-electron chi connectivity index (χ0n) is 13.5. The summed E-state index contributed by atoms with van der Waals surface area (Å²) in [6.45, 7) is 4.90. The lowest BCUT2D eigenvalue weighted by Gasteiger charge is -2.33. The van der Waals surface area contributed by atoms with Crippen LogP contribution in [0.15, 0.2) is 29.2 Å². The minimum absolute atomic E-state index is 0.0918. The number of benzene rings is 1. The lowest BCUT2D eigenvalue weighted by atomic mass is 10.1. The molecule has 1 amide bonds. The Bertz CT molecular complexity index is 490. The van der Waals surface area contributed by atoms with Gasteiger partial charge in [0.2, 0.25) is 5.91 Å². The van der Waals surface area contributed by atoms with Crippen molar-refractivity contribution >= 4 is 29.3 Å². The van der Waals surface area contributed by atoms with Crippen LogP contribution in [0.2, 0.25) is 5.02 Å². The van der Waals surface area contributed by atoms with Gasteiger partial charge >= 0.3 is 0 Å². The normalized spacial score (nSPS) is 17.3. The van der Waals surface area contributed by atoms with Crippen molar-refractivity contribution in [2.24, 2.45) is 5.73 Å². The lowest BCUT2D eigenvalue weighted by Crippen LogP contribution is -2.44. The third-order valence-electron chi connectivity index (χ3n) is 3.93. The molecule has 0 aliphatic carbocycles. The second-order valence-corrected chi connectivity index (χ2v) is 7.60. The summed E-state index contributed by atoms with van der Waals surface area (Å²) in [5.41, 5.74) is 5.47. The van der Waals surface area contributed by atoms with Crippen LogP contribution in [0.1, 0.15) is 26.2 Å². The van der Waals surface area contributed by atoms with Gasteiger partial charge in [-0.25, -0.2) is 0 Å². The van der Waals surface area contributed by atoms with Crippen molar-refractivity contribution in [3.05, 3.63) is 29.3 Å². The molecular weight excluding hydrogens is 332 g/mol. The van der Waals surface area contributed by atoms with E-state index in [1.54, 1.807) is 11.8 Å². The fourth-order valence-electron chi connectivity index (χ4n) is 2.60. The van der Waals surface area contributed by atoms with Gasteiger partial charge in [-0.1, -0.05) is 11.6 Å². The molecule has 1 unspecified atom stereocenters. The van der Waals surface area contributed by atoms with E-state index in [0.29, 0.717) is 11.6 Å². The summed E-state index contributed by atoms with van der Waals surface area (Å²) in [6, 6.07) is 7.61. The molecule has 1 heterocycles. The molecule has 2 rings (SSSR count). The Balaban J connectivity index is 1.76. The van der Waals surface area contributed by atoms with Crippen LogP contribution in [0.4, 0.5) is 0 Å². The topological polar surface area (TPSA) is 55.6 Å². The Hall–Kier alpha value is -0.750. The maximum Gasteiger partial charge on any atom is 0.235 e. The summed E-state index contributed by atoms with van der Waals surface area (Å²) in [5.74, 6) is 0.199. The van der Waals surface area contributed by atoms with Gasteiger partial charge in [0.25, 0.3) is 0 Å². The number of carbonyl (C=O) groups excluding carboxylic acids is 1. The van der Waals surface area contributed by atoms with Crippen molar-refractivity contribution in [1.29, 1.82) is 0 Å². The summed E-state index contributed by atoms with van der Waals surface area (Å²) < 4.78 is 5.78. The molecule has 0 bridgehead atoms. The number of halogens is 1. The van der Waals surface area contributed by atoms with Crippen LogP contribution in [-0.2, 0) is 9.53 Å². The number of rotatable bonds is 7. The molecule has 0 radical (unpaired) electrons.